The van der Waals surface area contributed by atoms with Gasteiger partial charge in [-0.25, -0.2) is 0 Å². The molecule has 0 atom stereocenters. The van der Waals surface area contributed by atoms with Crippen molar-refractivity contribution < 1.29 is 101 Å². The number of rotatable bonds is 39. The fourth-order valence-corrected chi connectivity index (χ4v) is 4.59. The maximum atomic E-state index is 12.0. The Morgan fingerprint density at radius 3 is 0.346 bits per heavy atom. The summed E-state index contributed by atoms with van der Waals surface area (Å²) in [6.45, 7) is -11.9. The molecule has 0 aliphatic rings. The highest BCUT2D eigenvalue weighted by Crippen LogP contribution is 1.78. The molecule has 81 heavy (non-hydrogen) atoms. The van der Waals surface area contributed by atoms with Crippen molar-refractivity contribution in [1.29, 1.82) is 0 Å². The Morgan fingerprint density at radius 2 is 0.259 bits per heavy atom. The quantitative estimate of drug-likeness (QED) is 0.0272. The molecular weight excluding hydrogens is 1100 g/mol. The molecule has 0 aliphatic heterocycles. The van der Waals surface area contributed by atoms with Gasteiger partial charge in [0.2, 0.25) is 112 Å². The minimum absolute atomic E-state index is 0.335. The topological polar surface area (TPSA) is 616 Å². The van der Waals surface area contributed by atoms with Crippen molar-refractivity contribution in [3.05, 3.63) is 0 Å². The van der Waals surface area contributed by atoms with Crippen LogP contribution in [0.4, 0.5) is 0 Å². The van der Waals surface area contributed by atoms with Gasteiger partial charge >= 0.3 is 5.97 Å². The Balaban J connectivity index is 4.07. The summed E-state index contributed by atoms with van der Waals surface area (Å²) in [4.78, 5) is 235. The number of carboxylic acid groups (broad SMARTS) is 1. The van der Waals surface area contributed by atoms with Crippen molar-refractivity contribution in [2.45, 2.75) is 0 Å². The largest absolute Gasteiger partial charge is 0.480 e. The summed E-state index contributed by atoms with van der Waals surface area (Å²) >= 11 is 0. The van der Waals surface area contributed by atoms with Crippen LogP contribution in [0.15, 0.2) is 0 Å². The van der Waals surface area contributed by atoms with E-state index in [1.165, 1.54) is 0 Å². The van der Waals surface area contributed by atoms with Crippen LogP contribution in [0.5, 0.6) is 0 Å². The number of hydrogen-bond acceptors (Lipinski definition) is 21. The van der Waals surface area contributed by atoms with Crippen LogP contribution in [-0.2, 0) is 95.9 Å². The van der Waals surface area contributed by atoms with Gasteiger partial charge < -0.3 is 112 Å². The second kappa shape index (κ2) is 41.5. The highest BCUT2D eigenvalue weighted by molar-refractivity contribution is 5.96. The normalized spacial score (nSPS) is 9.84. The molecule has 0 bridgehead atoms. The summed E-state index contributed by atoms with van der Waals surface area (Å²) in [7, 11) is 0. The molecule has 0 radical (unpaired) electrons. The highest BCUT2D eigenvalue weighted by atomic mass is 16.4. The maximum absolute atomic E-state index is 12.0. The van der Waals surface area contributed by atoms with E-state index in [-0.39, 0.29) is 6.54 Å². The molecule has 22 N–H and O–H groups in total. The van der Waals surface area contributed by atoms with Crippen molar-refractivity contribution in [2.75, 3.05) is 131 Å². The van der Waals surface area contributed by atoms with Crippen LogP contribution in [0.25, 0.3) is 0 Å². The molecular formula is C40H62N20O21. The summed E-state index contributed by atoms with van der Waals surface area (Å²) in [5.74, 6) is -16.7. The molecule has 448 valence electrons. The fraction of sp³-hybridized carbons (Fsp3) is 0.500. The van der Waals surface area contributed by atoms with Gasteiger partial charge in [-0.2, -0.15) is 0 Å². The predicted octanol–water partition coefficient (Wildman–Crippen LogP) is -17.8. The van der Waals surface area contributed by atoms with E-state index < -0.39 is 243 Å². The van der Waals surface area contributed by atoms with Crippen molar-refractivity contribution in [1.82, 2.24) is 101 Å². The van der Waals surface area contributed by atoms with E-state index in [0.717, 1.165) is 0 Å². The zero-order chi connectivity index (χ0) is 61.1. The molecule has 0 aliphatic carbocycles. The fourth-order valence-electron chi connectivity index (χ4n) is 4.59. The Kier molecular flexibility index (Phi) is 36.1. The second-order valence-electron chi connectivity index (χ2n) is 15.4. The summed E-state index contributed by atoms with van der Waals surface area (Å²) in [6.07, 6.45) is 0. The van der Waals surface area contributed by atoms with Gasteiger partial charge in [0.15, 0.2) is 0 Å². The highest BCUT2D eigenvalue weighted by Gasteiger charge is 2.16. The third-order valence-corrected chi connectivity index (χ3v) is 8.65. The molecule has 0 saturated carbocycles. The molecule has 0 unspecified atom stereocenters. The van der Waals surface area contributed by atoms with Crippen LogP contribution in [0.1, 0.15) is 0 Å². The third-order valence-electron chi connectivity index (χ3n) is 8.65. The first-order valence-corrected chi connectivity index (χ1v) is 23.3. The smallest absolute Gasteiger partial charge is 0.322 e. The molecule has 0 spiro atoms. The molecule has 0 saturated heterocycles. The van der Waals surface area contributed by atoms with Gasteiger partial charge in [0.25, 0.3) is 0 Å². The monoisotopic (exact) mass is 1160 g/mol. The molecule has 41 nitrogen and oxygen atoms in total. The van der Waals surface area contributed by atoms with Gasteiger partial charge in [0.05, 0.1) is 124 Å². The average molecular weight is 1160 g/mol. The van der Waals surface area contributed by atoms with Gasteiger partial charge in [-0.05, 0) is 0 Å². The van der Waals surface area contributed by atoms with E-state index in [1.54, 1.807) is 0 Å². The van der Waals surface area contributed by atoms with Crippen LogP contribution in [0.3, 0.4) is 0 Å². The number of carbonyl (C=O) groups is 20. The second-order valence-corrected chi connectivity index (χ2v) is 15.4. The van der Waals surface area contributed by atoms with Crippen LogP contribution in [0.2, 0.25) is 0 Å². The van der Waals surface area contributed by atoms with Crippen LogP contribution >= 0.6 is 0 Å². The van der Waals surface area contributed by atoms with Crippen molar-refractivity contribution in [3.63, 3.8) is 0 Å². The zero-order valence-electron chi connectivity index (χ0n) is 42.8. The van der Waals surface area contributed by atoms with Gasteiger partial charge in [-0.3, -0.25) is 95.9 Å². The summed E-state index contributed by atoms with van der Waals surface area (Å²) in [5.41, 5.74) is 5.08. The van der Waals surface area contributed by atoms with Gasteiger partial charge in [-0.15, -0.1) is 0 Å². The number of carboxylic acids is 1. The minimum Gasteiger partial charge on any atom is -0.480 e. The van der Waals surface area contributed by atoms with Crippen LogP contribution in [-0.4, -0.2) is 254 Å². The Labute approximate surface area is 456 Å². The summed E-state index contributed by atoms with van der Waals surface area (Å²) in [5, 5.41) is 49.1. The number of nitrogens with one attached hydrogen (secondary N) is 19. The van der Waals surface area contributed by atoms with E-state index >= 15 is 0 Å². The minimum atomic E-state index is -1.30. The Hall–Kier alpha value is -10.6. The van der Waals surface area contributed by atoms with Crippen molar-refractivity contribution in [2.24, 2.45) is 5.73 Å². The maximum Gasteiger partial charge on any atom is 0.322 e. The standard InChI is InChI=1S/C40H62N20O21/c41-1-21(61)42-2-22(62)43-3-23(63)44-4-24(64)45-5-25(65)46-6-26(66)47-7-27(67)48-8-28(68)49-9-29(69)50-10-30(70)51-11-31(71)52-12-32(72)53-13-33(73)54-14-34(74)55-15-35(75)56-16-36(76)57-17-37(77)58-18-38(78)59-19-39(79)60-20-40(80)81/h1-20,41H2,(H,42,61)(H,43,62)(H,44,63)(H,45,64)(H,46,65)(H,47,66)(H,48,67)(H,49,68)(H,50,69)(H,51,70)(H,52,71)(H,53,72)(H,54,73)(H,55,74)(H,56,75)(H,57,76)(H,58,77)(H,59,78)(H,60,79)(H,80,81). The molecule has 0 aromatic heterocycles. The van der Waals surface area contributed by atoms with E-state index in [1.807, 2.05) is 5.32 Å². The molecule has 0 aromatic carbocycles. The van der Waals surface area contributed by atoms with E-state index in [9.17, 15) is 95.9 Å². The first kappa shape index (κ1) is 70.4. The van der Waals surface area contributed by atoms with E-state index in [0.29, 0.717) is 0 Å². The van der Waals surface area contributed by atoms with Gasteiger partial charge in [0.1, 0.15) is 6.54 Å². The first-order chi connectivity index (χ1) is 38.3. The molecule has 0 fully saturated rings. The average Bonchev–Trinajstić information content (AvgIpc) is 3.44. The van der Waals surface area contributed by atoms with Crippen molar-refractivity contribution in [3.8, 4) is 0 Å². The SMILES string of the molecule is NCC(=O)NCC(=O)NCC(=O)NCC(=O)NCC(=O)NCC(=O)NCC(=O)NCC(=O)NCC(=O)NCC(=O)NCC(=O)NCC(=O)NCC(=O)NCC(=O)NCC(=O)NCC(=O)NCC(=O)NCC(=O)NCC(=O)NCC(=O)O. The molecule has 19 amide bonds. The van der Waals surface area contributed by atoms with E-state index in [4.69, 9.17) is 10.8 Å². The number of aliphatic carboxylic acids is 1. The summed E-state index contributed by atoms with van der Waals surface area (Å²) in [6, 6.07) is 0. The summed E-state index contributed by atoms with van der Waals surface area (Å²) < 4.78 is 0. The van der Waals surface area contributed by atoms with Gasteiger partial charge in [-0.1, -0.05) is 0 Å². The van der Waals surface area contributed by atoms with Crippen molar-refractivity contribution >= 4 is 118 Å². The molecule has 0 heterocycles. The van der Waals surface area contributed by atoms with E-state index in [2.05, 4.69) is 95.7 Å². The lowest BCUT2D eigenvalue weighted by Gasteiger charge is -2.10. The lowest BCUT2D eigenvalue weighted by atomic mass is 10.4. The lowest BCUT2D eigenvalue weighted by molar-refractivity contribution is -0.138. The predicted molar refractivity (Wildman–Crippen MR) is 264 cm³/mol. The first-order valence-electron chi connectivity index (χ1n) is 23.3. The van der Waals surface area contributed by atoms with Gasteiger partial charge in [0, 0.05) is 0 Å². The lowest BCUT2D eigenvalue weighted by Crippen LogP contribution is -2.48. The van der Waals surface area contributed by atoms with Crippen LogP contribution < -0.4 is 107 Å². The molecule has 0 rings (SSSR count). The molecule has 0 aromatic rings. The van der Waals surface area contributed by atoms with Crippen LogP contribution in [0, 0.1) is 0 Å². The number of amides is 19. The third kappa shape index (κ3) is 42.2. The number of carbonyl (C=O) groups excluding carboxylic acids is 19. The zero-order valence-corrected chi connectivity index (χ0v) is 42.8. The Morgan fingerprint density at radius 1 is 0.173 bits per heavy atom. The molecule has 41 heteroatoms. The number of nitrogens with two attached hydrogens (primary N) is 1. The Bertz CT molecular complexity index is 2370. The number of hydrogen-bond donors (Lipinski definition) is 21.